The molecule has 0 saturated carbocycles. The first-order chi connectivity index (χ1) is 17.2. The molecule has 0 radical (unpaired) electrons. The van der Waals surface area contributed by atoms with Gasteiger partial charge in [-0.2, -0.15) is 0 Å². The van der Waals surface area contributed by atoms with Crippen LogP contribution in [0.3, 0.4) is 0 Å². The number of aryl methyl sites for hydroxylation is 2. The lowest BCUT2D eigenvalue weighted by Crippen LogP contribution is -2.06. The van der Waals surface area contributed by atoms with Gasteiger partial charge in [0, 0.05) is 19.5 Å². The molecule has 2 aromatic carbocycles. The summed E-state index contributed by atoms with van der Waals surface area (Å²) in [6, 6.07) is 16.4. The summed E-state index contributed by atoms with van der Waals surface area (Å²) in [6.45, 7) is 12.5. The van der Waals surface area contributed by atoms with E-state index in [0.717, 1.165) is 43.9 Å². The predicted octanol–water partition coefficient (Wildman–Crippen LogP) is 9.02. The van der Waals surface area contributed by atoms with Gasteiger partial charge < -0.3 is 18.9 Å². The van der Waals surface area contributed by atoms with E-state index in [9.17, 15) is 0 Å². The molecule has 6 heteroatoms. The van der Waals surface area contributed by atoms with Crippen molar-refractivity contribution >= 4 is 22.7 Å². The van der Waals surface area contributed by atoms with E-state index in [0.29, 0.717) is 0 Å². The van der Waals surface area contributed by atoms with Crippen LogP contribution in [0.15, 0.2) is 48.5 Å². The van der Waals surface area contributed by atoms with E-state index < -0.39 is 0 Å². The molecule has 0 fully saturated rings. The molecule has 0 aliphatic rings. The molecule has 0 spiro atoms. The molecule has 0 N–H and O–H groups in total. The van der Waals surface area contributed by atoms with E-state index >= 15 is 0 Å². The van der Waals surface area contributed by atoms with Crippen LogP contribution in [0.25, 0.3) is 30.6 Å². The molecular weight excluding hydrogens is 488 g/mol. The lowest BCUT2D eigenvalue weighted by atomic mass is 10.1. The third-order valence-corrected chi connectivity index (χ3v) is 8.35. The van der Waals surface area contributed by atoms with Crippen molar-refractivity contribution in [2.75, 3.05) is 14.2 Å². The van der Waals surface area contributed by atoms with Crippen molar-refractivity contribution in [3.63, 3.8) is 0 Å². The fourth-order valence-corrected chi connectivity index (χ4v) is 6.93. The zero-order chi connectivity index (χ0) is 26.0. The molecule has 0 bridgehead atoms. The number of thiophene rings is 2. The van der Waals surface area contributed by atoms with Crippen molar-refractivity contribution < 1.29 is 18.9 Å². The summed E-state index contributed by atoms with van der Waals surface area (Å²) in [5.74, 6) is 3.30. The Balaban J connectivity index is 1.82. The molecule has 2 aromatic heterocycles. The van der Waals surface area contributed by atoms with Gasteiger partial charge in [0.15, 0.2) is 0 Å². The van der Waals surface area contributed by atoms with Gasteiger partial charge in [-0.05, 0) is 89.1 Å². The molecule has 4 nitrogen and oxygen atoms in total. The molecule has 36 heavy (non-hydrogen) atoms. The molecular formula is C30H34O4S2. The minimum Gasteiger partial charge on any atom is -0.496 e. The minimum absolute atomic E-state index is 0.0709. The van der Waals surface area contributed by atoms with Crippen LogP contribution in [0.2, 0.25) is 0 Å². The molecule has 0 amide bonds. The Morgan fingerprint density at radius 3 is 1.28 bits per heavy atom. The number of ether oxygens (including phenoxy) is 4. The number of rotatable bonds is 9. The molecule has 4 rings (SSSR count). The molecule has 0 aliphatic heterocycles. The molecule has 0 unspecified atom stereocenters. The number of hydrogen-bond donors (Lipinski definition) is 0. The Hall–Kier alpha value is -2.96. The Bertz CT molecular complexity index is 1240. The summed E-state index contributed by atoms with van der Waals surface area (Å²) >= 11 is 3.54. The summed E-state index contributed by atoms with van der Waals surface area (Å²) in [6.07, 6.45) is 0.142. The highest BCUT2D eigenvalue weighted by Gasteiger charge is 2.22. The van der Waals surface area contributed by atoms with Crippen LogP contribution in [-0.2, 0) is 0 Å². The molecule has 0 atom stereocenters. The predicted molar refractivity (Wildman–Crippen MR) is 153 cm³/mol. The third kappa shape index (κ3) is 5.25. The van der Waals surface area contributed by atoms with Gasteiger partial charge >= 0.3 is 0 Å². The second-order valence-corrected chi connectivity index (χ2v) is 11.4. The SMILES string of the molecule is COc1cccc(OC(C)C)c1-c1cc(C)c(-c2sc(-c3c(OC)cccc3OC(C)C)cc2C)s1. The van der Waals surface area contributed by atoms with E-state index in [4.69, 9.17) is 18.9 Å². The highest BCUT2D eigenvalue weighted by molar-refractivity contribution is 7.25. The van der Waals surface area contributed by atoms with Gasteiger partial charge in [-0.1, -0.05) is 12.1 Å². The van der Waals surface area contributed by atoms with Crippen LogP contribution in [0.5, 0.6) is 23.0 Å². The van der Waals surface area contributed by atoms with Crippen LogP contribution in [0.4, 0.5) is 0 Å². The van der Waals surface area contributed by atoms with Crippen LogP contribution in [-0.4, -0.2) is 26.4 Å². The Morgan fingerprint density at radius 1 is 0.583 bits per heavy atom. The second kappa shape index (κ2) is 11.0. The van der Waals surface area contributed by atoms with Crippen molar-refractivity contribution in [3.05, 3.63) is 59.7 Å². The van der Waals surface area contributed by atoms with E-state index in [1.165, 1.54) is 20.9 Å². The Kier molecular flexibility index (Phi) is 7.96. The summed E-state index contributed by atoms with van der Waals surface area (Å²) in [5, 5.41) is 0. The third-order valence-electron chi connectivity index (χ3n) is 5.68. The number of hydrogen-bond acceptors (Lipinski definition) is 6. The van der Waals surface area contributed by atoms with Gasteiger partial charge in [-0.15, -0.1) is 22.7 Å². The fraction of sp³-hybridized carbons (Fsp3) is 0.333. The average Bonchev–Trinajstić information content (AvgIpc) is 3.39. The zero-order valence-corrected chi connectivity index (χ0v) is 23.9. The quantitative estimate of drug-likeness (QED) is 0.220. The minimum atomic E-state index is 0.0709. The van der Waals surface area contributed by atoms with Gasteiger partial charge in [-0.3, -0.25) is 0 Å². The highest BCUT2D eigenvalue weighted by Crippen LogP contribution is 2.50. The molecule has 0 aliphatic carbocycles. The van der Waals surface area contributed by atoms with Crippen LogP contribution in [0.1, 0.15) is 38.8 Å². The maximum atomic E-state index is 6.15. The summed E-state index contributed by atoms with van der Waals surface area (Å²) in [5.41, 5.74) is 4.46. The molecule has 4 aromatic rings. The first kappa shape index (κ1) is 26.1. The second-order valence-electron chi connectivity index (χ2n) is 9.25. The van der Waals surface area contributed by atoms with Gasteiger partial charge in [0.05, 0.1) is 37.6 Å². The van der Waals surface area contributed by atoms with Gasteiger partial charge in [0.1, 0.15) is 23.0 Å². The average molecular weight is 523 g/mol. The first-order valence-electron chi connectivity index (χ1n) is 12.1. The van der Waals surface area contributed by atoms with Crippen molar-refractivity contribution in [2.45, 2.75) is 53.8 Å². The lowest BCUT2D eigenvalue weighted by molar-refractivity contribution is 0.242. The largest absolute Gasteiger partial charge is 0.496 e. The van der Waals surface area contributed by atoms with E-state index in [2.05, 4.69) is 26.0 Å². The molecule has 190 valence electrons. The maximum absolute atomic E-state index is 6.15. The number of benzene rings is 2. The van der Waals surface area contributed by atoms with Crippen molar-refractivity contribution in [3.8, 4) is 53.6 Å². The standard InChI is InChI=1S/C30H34O4S2/c1-17(2)33-23-13-9-11-21(31-7)27(23)25-15-19(5)29(35-25)30-20(6)16-26(36-30)28-22(32-8)12-10-14-24(28)34-18(3)4/h9-18H,1-8H3. The fourth-order valence-electron chi connectivity index (χ4n) is 4.21. The lowest BCUT2D eigenvalue weighted by Gasteiger charge is -2.16. The monoisotopic (exact) mass is 522 g/mol. The van der Waals surface area contributed by atoms with Gasteiger partial charge in [0.2, 0.25) is 0 Å². The number of methoxy groups -OCH3 is 2. The first-order valence-corrected chi connectivity index (χ1v) is 13.8. The van der Waals surface area contributed by atoms with Crippen molar-refractivity contribution in [2.24, 2.45) is 0 Å². The van der Waals surface area contributed by atoms with Crippen molar-refractivity contribution in [1.29, 1.82) is 0 Å². The van der Waals surface area contributed by atoms with Crippen LogP contribution in [0, 0.1) is 13.8 Å². The summed E-state index contributed by atoms with van der Waals surface area (Å²) < 4.78 is 23.8. The van der Waals surface area contributed by atoms with E-state index in [1.54, 1.807) is 36.9 Å². The molecule has 2 heterocycles. The van der Waals surface area contributed by atoms with Crippen LogP contribution < -0.4 is 18.9 Å². The molecule has 0 saturated heterocycles. The van der Waals surface area contributed by atoms with Gasteiger partial charge in [0.25, 0.3) is 0 Å². The van der Waals surface area contributed by atoms with E-state index in [-0.39, 0.29) is 12.2 Å². The van der Waals surface area contributed by atoms with Crippen LogP contribution >= 0.6 is 22.7 Å². The summed E-state index contributed by atoms with van der Waals surface area (Å²) in [4.78, 5) is 4.76. The Labute approximate surface area is 222 Å². The Morgan fingerprint density at radius 2 is 0.944 bits per heavy atom. The summed E-state index contributed by atoms with van der Waals surface area (Å²) in [7, 11) is 3.41. The van der Waals surface area contributed by atoms with Crippen molar-refractivity contribution in [1.82, 2.24) is 0 Å². The van der Waals surface area contributed by atoms with E-state index in [1.807, 2.05) is 64.1 Å². The topological polar surface area (TPSA) is 36.9 Å². The smallest absolute Gasteiger partial charge is 0.132 e. The zero-order valence-electron chi connectivity index (χ0n) is 22.2. The normalized spacial score (nSPS) is 11.3. The highest BCUT2D eigenvalue weighted by atomic mass is 32.1. The maximum Gasteiger partial charge on any atom is 0.132 e. The van der Waals surface area contributed by atoms with Gasteiger partial charge in [-0.25, -0.2) is 0 Å².